The van der Waals surface area contributed by atoms with Crippen LogP contribution < -0.4 is 5.32 Å². The SMILES string of the molecule is CNc1cc(C(F)(F)F)cc(-c2cccc(Cl)c2)n1. The summed E-state index contributed by atoms with van der Waals surface area (Å²) in [5, 5.41) is 3.07. The largest absolute Gasteiger partial charge is 0.416 e. The van der Waals surface area contributed by atoms with E-state index in [1.54, 1.807) is 24.3 Å². The monoisotopic (exact) mass is 286 g/mol. The number of benzene rings is 1. The summed E-state index contributed by atoms with van der Waals surface area (Å²) in [5.74, 6) is 0.157. The average molecular weight is 287 g/mol. The topological polar surface area (TPSA) is 24.9 Å². The Morgan fingerprint density at radius 3 is 2.47 bits per heavy atom. The number of hydrogen-bond donors (Lipinski definition) is 1. The van der Waals surface area contributed by atoms with Crippen molar-refractivity contribution in [1.82, 2.24) is 4.98 Å². The highest BCUT2D eigenvalue weighted by Gasteiger charge is 2.31. The lowest BCUT2D eigenvalue weighted by atomic mass is 10.1. The van der Waals surface area contributed by atoms with Gasteiger partial charge in [-0.25, -0.2) is 4.98 Å². The van der Waals surface area contributed by atoms with Crippen molar-refractivity contribution < 1.29 is 13.2 Å². The molecule has 0 bridgehead atoms. The van der Waals surface area contributed by atoms with Crippen LogP contribution in [0, 0.1) is 0 Å². The molecule has 0 radical (unpaired) electrons. The van der Waals surface area contributed by atoms with Crippen LogP contribution in [0.15, 0.2) is 36.4 Å². The zero-order chi connectivity index (χ0) is 14.0. The van der Waals surface area contributed by atoms with Gasteiger partial charge in [-0.15, -0.1) is 0 Å². The van der Waals surface area contributed by atoms with E-state index < -0.39 is 11.7 Å². The smallest absolute Gasteiger partial charge is 0.373 e. The van der Waals surface area contributed by atoms with Crippen LogP contribution in [0.2, 0.25) is 5.02 Å². The van der Waals surface area contributed by atoms with Crippen LogP contribution in [0.1, 0.15) is 5.56 Å². The third-order valence-corrected chi connectivity index (χ3v) is 2.76. The Bertz CT molecular complexity index is 597. The van der Waals surface area contributed by atoms with Gasteiger partial charge in [-0.05, 0) is 24.3 Å². The molecule has 0 saturated carbocycles. The van der Waals surface area contributed by atoms with Gasteiger partial charge in [-0.2, -0.15) is 13.2 Å². The molecule has 0 saturated heterocycles. The predicted molar refractivity (Wildman–Crippen MR) is 69.2 cm³/mol. The first-order valence-corrected chi connectivity index (χ1v) is 5.81. The van der Waals surface area contributed by atoms with E-state index in [9.17, 15) is 13.2 Å². The lowest BCUT2D eigenvalue weighted by Gasteiger charge is -2.11. The van der Waals surface area contributed by atoms with Crippen LogP contribution in [0.25, 0.3) is 11.3 Å². The zero-order valence-corrected chi connectivity index (χ0v) is 10.7. The molecule has 0 atom stereocenters. The molecule has 2 nitrogen and oxygen atoms in total. The molecule has 0 fully saturated rings. The summed E-state index contributed by atoms with van der Waals surface area (Å²) in [4.78, 5) is 4.11. The Hall–Kier alpha value is -1.75. The van der Waals surface area contributed by atoms with Gasteiger partial charge in [0.15, 0.2) is 0 Å². The summed E-state index contributed by atoms with van der Waals surface area (Å²) in [6.45, 7) is 0. The molecule has 0 aliphatic carbocycles. The zero-order valence-electron chi connectivity index (χ0n) is 9.92. The summed E-state index contributed by atoms with van der Waals surface area (Å²) in [6.07, 6.45) is -4.41. The lowest BCUT2D eigenvalue weighted by molar-refractivity contribution is -0.137. The van der Waals surface area contributed by atoms with E-state index in [2.05, 4.69) is 10.3 Å². The van der Waals surface area contributed by atoms with Crippen LogP contribution in [0.4, 0.5) is 19.0 Å². The molecule has 0 aliphatic heterocycles. The van der Waals surface area contributed by atoms with E-state index in [1.165, 1.54) is 7.05 Å². The van der Waals surface area contributed by atoms with Crippen molar-refractivity contribution in [3.05, 3.63) is 47.0 Å². The summed E-state index contributed by atoms with van der Waals surface area (Å²) >= 11 is 5.83. The first-order chi connectivity index (χ1) is 8.90. The summed E-state index contributed by atoms with van der Waals surface area (Å²) in [5.41, 5.74) is 0.0126. The fourth-order valence-corrected chi connectivity index (χ4v) is 1.81. The maximum Gasteiger partial charge on any atom is 0.416 e. The second kappa shape index (κ2) is 5.09. The molecule has 1 N–H and O–H groups in total. The van der Waals surface area contributed by atoms with E-state index in [1.807, 2.05) is 0 Å². The van der Waals surface area contributed by atoms with Gasteiger partial charge in [0, 0.05) is 17.6 Å². The molecular formula is C13H10ClF3N2. The van der Waals surface area contributed by atoms with Gasteiger partial charge in [-0.1, -0.05) is 23.7 Å². The molecule has 0 spiro atoms. The third kappa shape index (κ3) is 3.17. The van der Waals surface area contributed by atoms with Gasteiger partial charge in [0.1, 0.15) is 5.82 Å². The van der Waals surface area contributed by atoms with Crippen LogP contribution in [0.5, 0.6) is 0 Å². The number of alkyl halides is 3. The second-order valence-corrected chi connectivity index (χ2v) is 4.32. The van der Waals surface area contributed by atoms with Gasteiger partial charge in [0.2, 0.25) is 0 Å². The fourth-order valence-electron chi connectivity index (χ4n) is 1.62. The number of nitrogens with zero attached hydrogens (tertiary/aromatic N) is 1. The van der Waals surface area contributed by atoms with Crippen molar-refractivity contribution in [3.63, 3.8) is 0 Å². The van der Waals surface area contributed by atoms with Gasteiger partial charge < -0.3 is 5.32 Å². The number of pyridine rings is 1. The molecule has 1 aromatic carbocycles. The summed E-state index contributed by atoms with van der Waals surface area (Å²) in [6, 6.07) is 8.52. The predicted octanol–water partition coefficient (Wildman–Crippen LogP) is 4.46. The van der Waals surface area contributed by atoms with Crippen molar-refractivity contribution in [2.45, 2.75) is 6.18 Å². The van der Waals surface area contributed by atoms with Crippen molar-refractivity contribution in [3.8, 4) is 11.3 Å². The van der Waals surface area contributed by atoms with Gasteiger partial charge in [-0.3, -0.25) is 0 Å². The van der Waals surface area contributed by atoms with Gasteiger partial charge in [0.25, 0.3) is 0 Å². The molecule has 19 heavy (non-hydrogen) atoms. The summed E-state index contributed by atoms with van der Waals surface area (Å²) in [7, 11) is 1.52. The van der Waals surface area contributed by atoms with Crippen molar-refractivity contribution in [2.24, 2.45) is 0 Å². The van der Waals surface area contributed by atoms with Crippen molar-refractivity contribution >= 4 is 17.4 Å². The second-order valence-electron chi connectivity index (χ2n) is 3.88. The Kier molecular flexibility index (Phi) is 3.66. The Balaban J connectivity index is 2.57. The van der Waals surface area contributed by atoms with Crippen molar-refractivity contribution in [1.29, 1.82) is 0 Å². The maximum absolute atomic E-state index is 12.8. The van der Waals surface area contributed by atoms with Crippen LogP contribution in [-0.4, -0.2) is 12.0 Å². The first-order valence-electron chi connectivity index (χ1n) is 5.43. The Labute approximate surface area is 113 Å². The molecule has 1 aromatic heterocycles. The molecule has 0 aliphatic rings. The number of nitrogens with one attached hydrogen (secondary N) is 1. The van der Waals surface area contributed by atoms with Crippen LogP contribution >= 0.6 is 11.6 Å². The number of hydrogen-bond acceptors (Lipinski definition) is 2. The first kappa shape index (κ1) is 13.7. The summed E-state index contributed by atoms with van der Waals surface area (Å²) < 4.78 is 38.4. The number of rotatable bonds is 2. The normalized spacial score (nSPS) is 11.4. The highest BCUT2D eigenvalue weighted by Crippen LogP contribution is 2.33. The van der Waals surface area contributed by atoms with Gasteiger partial charge >= 0.3 is 6.18 Å². The van der Waals surface area contributed by atoms with Crippen LogP contribution in [-0.2, 0) is 6.18 Å². The van der Waals surface area contributed by atoms with Crippen LogP contribution in [0.3, 0.4) is 0 Å². The number of halogens is 4. The molecule has 2 rings (SSSR count). The minimum absolute atomic E-state index is 0.157. The van der Waals surface area contributed by atoms with E-state index >= 15 is 0 Å². The average Bonchev–Trinajstić information content (AvgIpc) is 2.37. The Morgan fingerprint density at radius 2 is 1.89 bits per heavy atom. The lowest BCUT2D eigenvalue weighted by Crippen LogP contribution is -2.07. The molecule has 0 unspecified atom stereocenters. The highest BCUT2D eigenvalue weighted by atomic mass is 35.5. The van der Waals surface area contributed by atoms with E-state index in [0.29, 0.717) is 10.6 Å². The maximum atomic E-state index is 12.8. The Morgan fingerprint density at radius 1 is 1.16 bits per heavy atom. The van der Waals surface area contributed by atoms with E-state index in [-0.39, 0.29) is 11.5 Å². The molecule has 6 heteroatoms. The third-order valence-electron chi connectivity index (χ3n) is 2.53. The quantitative estimate of drug-likeness (QED) is 0.881. The highest BCUT2D eigenvalue weighted by molar-refractivity contribution is 6.30. The van der Waals surface area contributed by atoms with Crippen molar-refractivity contribution in [2.75, 3.05) is 12.4 Å². The number of aromatic nitrogens is 1. The molecular weight excluding hydrogens is 277 g/mol. The van der Waals surface area contributed by atoms with E-state index in [4.69, 9.17) is 11.6 Å². The molecule has 2 aromatic rings. The van der Waals surface area contributed by atoms with E-state index in [0.717, 1.165) is 12.1 Å². The molecule has 1 heterocycles. The number of anilines is 1. The molecule has 100 valence electrons. The standard InChI is InChI=1S/C13H10ClF3N2/c1-18-12-7-9(13(15,16)17)6-11(19-12)8-3-2-4-10(14)5-8/h2-7H,1H3,(H,18,19). The fraction of sp³-hybridized carbons (Fsp3) is 0.154. The minimum Gasteiger partial charge on any atom is -0.373 e. The minimum atomic E-state index is -4.41. The van der Waals surface area contributed by atoms with Gasteiger partial charge in [0.05, 0.1) is 11.3 Å². The molecule has 0 amide bonds.